The predicted octanol–water partition coefficient (Wildman–Crippen LogP) is 1.84. The number of aliphatic hydroxyl groups is 1. The zero-order chi connectivity index (χ0) is 13.0. The van der Waals surface area contributed by atoms with E-state index in [0.717, 1.165) is 19.3 Å². The molecule has 1 aromatic heterocycles. The zero-order valence-corrected chi connectivity index (χ0v) is 11.0. The molecule has 1 aromatic rings. The van der Waals surface area contributed by atoms with Gasteiger partial charge in [0.25, 0.3) is 0 Å². The van der Waals surface area contributed by atoms with Crippen LogP contribution in [-0.2, 0) is 0 Å². The summed E-state index contributed by atoms with van der Waals surface area (Å²) < 4.78 is 5.04. The summed E-state index contributed by atoms with van der Waals surface area (Å²) in [5.74, 6) is 1.61. The lowest BCUT2D eigenvalue weighted by molar-refractivity contribution is -0.000906. The van der Waals surface area contributed by atoms with E-state index >= 15 is 0 Å². The summed E-state index contributed by atoms with van der Waals surface area (Å²) in [4.78, 5) is 8.28. The van der Waals surface area contributed by atoms with Crippen molar-refractivity contribution in [3.63, 3.8) is 0 Å². The Labute approximate surface area is 108 Å². The number of aromatic nitrogens is 2. The summed E-state index contributed by atoms with van der Waals surface area (Å²) in [5.41, 5.74) is -0.635. The second kappa shape index (κ2) is 5.52. The first-order valence-electron chi connectivity index (χ1n) is 6.45. The maximum Gasteiger partial charge on any atom is 0.226 e. The fourth-order valence-electron chi connectivity index (χ4n) is 2.58. The Balaban J connectivity index is 1.93. The average Bonchev–Trinajstić information content (AvgIpc) is 2.37. The van der Waals surface area contributed by atoms with Crippen molar-refractivity contribution < 1.29 is 9.84 Å². The number of rotatable bonds is 4. The third kappa shape index (κ3) is 3.32. The quantitative estimate of drug-likeness (QED) is 0.854. The highest BCUT2D eigenvalue weighted by molar-refractivity contribution is 5.28. The van der Waals surface area contributed by atoms with Gasteiger partial charge in [-0.15, -0.1) is 0 Å². The molecule has 100 valence electrons. The molecule has 0 aliphatic heterocycles. The topological polar surface area (TPSA) is 67.3 Å². The molecule has 0 saturated heterocycles. The molecular weight excluding hydrogens is 230 g/mol. The number of methoxy groups -OCH3 is 1. The first-order valence-corrected chi connectivity index (χ1v) is 6.45. The van der Waals surface area contributed by atoms with Crippen molar-refractivity contribution in [3.05, 3.63) is 12.3 Å². The second-order valence-electron chi connectivity index (χ2n) is 5.20. The van der Waals surface area contributed by atoms with Crippen LogP contribution in [0.3, 0.4) is 0 Å². The molecule has 1 aliphatic carbocycles. The van der Waals surface area contributed by atoms with E-state index in [9.17, 15) is 5.11 Å². The van der Waals surface area contributed by atoms with Gasteiger partial charge in [-0.2, -0.15) is 4.98 Å². The van der Waals surface area contributed by atoms with Gasteiger partial charge in [0.2, 0.25) is 11.8 Å². The molecule has 0 bridgehead atoms. The fourth-order valence-corrected chi connectivity index (χ4v) is 2.58. The Kier molecular flexibility index (Phi) is 4.01. The van der Waals surface area contributed by atoms with E-state index in [1.165, 1.54) is 6.42 Å². The van der Waals surface area contributed by atoms with Gasteiger partial charge in [-0.05, 0) is 18.8 Å². The monoisotopic (exact) mass is 251 g/mol. The highest BCUT2D eigenvalue weighted by atomic mass is 16.5. The highest BCUT2D eigenvalue weighted by Gasteiger charge is 2.32. The number of hydrogen-bond acceptors (Lipinski definition) is 5. The Morgan fingerprint density at radius 2 is 2.44 bits per heavy atom. The molecule has 1 saturated carbocycles. The summed E-state index contributed by atoms with van der Waals surface area (Å²) in [6.45, 7) is 2.68. The van der Waals surface area contributed by atoms with Crippen LogP contribution in [-0.4, -0.2) is 34.3 Å². The Hall–Kier alpha value is -1.36. The zero-order valence-electron chi connectivity index (χ0n) is 11.0. The molecule has 2 rings (SSSR count). The number of nitrogens with zero attached hydrogens (tertiary/aromatic N) is 2. The van der Waals surface area contributed by atoms with E-state index in [4.69, 9.17) is 4.74 Å². The number of nitrogens with one attached hydrogen (secondary N) is 1. The van der Waals surface area contributed by atoms with E-state index in [1.807, 2.05) is 0 Å². The Morgan fingerprint density at radius 3 is 3.17 bits per heavy atom. The van der Waals surface area contributed by atoms with Gasteiger partial charge in [0.1, 0.15) is 0 Å². The van der Waals surface area contributed by atoms with Crippen LogP contribution in [0.15, 0.2) is 12.3 Å². The van der Waals surface area contributed by atoms with Gasteiger partial charge in [0.15, 0.2) is 0 Å². The van der Waals surface area contributed by atoms with Crippen molar-refractivity contribution in [1.82, 2.24) is 9.97 Å². The molecule has 1 aliphatic rings. The summed E-state index contributed by atoms with van der Waals surface area (Å²) >= 11 is 0. The lowest BCUT2D eigenvalue weighted by Crippen LogP contribution is -2.41. The summed E-state index contributed by atoms with van der Waals surface area (Å²) in [6, 6.07) is 1.70. The molecular formula is C13H21N3O2. The van der Waals surface area contributed by atoms with Crippen LogP contribution < -0.4 is 10.1 Å². The third-order valence-corrected chi connectivity index (χ3v) is 3.48. The van der Waals surface area contributed by atoms with Crippen LogP contribution >= 0.6 is 0 Å². The molecule has 18 heavy (non-hydrogen) atoms. The molecule has 5 nitrogen and oxygen atoms in total. The number of hydrogen-bond donors (Lipinski definition) is 2. The van der Waals surface area contributed by atoms with E-state index in [0.29, 0.717) is 24.3 Å². The van der Waals surface area contributed by atoms with Crippen LogP contribution in [0.5, 0.6) is 5.88 Å². The molecule has 0 unspecified atom stereocenters. The summed E-state index contributed by atoms with van der Waals surface area (Å²) in [7, 11) is 1.57. The van der Waals surface area contributed by atoms with Crippen LogP contribution in [0, 0.1) is 5.92 Å². The van der Waals surface area contributed by atoms with Crippen LogP contribution in [0.2, 0.25) is 0 Å². The molecule has 0 radical (unpaired) electrons. The maximum absolute atomic E-state index is 10.5. The Bertz CT molecular complexity index is 400. The van der Waals surface area contributed by atoms with Gasteiger partial charge < -0.3 is 15.2 Å². The predicted molar refractivity (Wildman–Crippen MR) is 69.7 cm³/mol. The molecule has 0 aromatic carbocycles. The standard InChI is InChI=1S/C13H21N3O2/c1-10-4-3-6-13(17,8-10)9-15-12-14-7-5-11(16-12)18-2/h5,7,10,17H,3-4,6,8-9H2,1-2H3,(H,14,15,16)/t10-,13+/m0/s1. The Morgan fingerprint density at radius 1 is 1.61 bits per heavy atom. The van der Waals surface area contributed by atoms with Crippen molar-refractivity contribution in [2.45, 2.75) is 38.2 Å². The van der Waals surface area contributed by atoms with Crippen LogP contribution in [0.1, 0.15) is 32.6 Å². The lowest BCUT2D eigenvalue weighted by Gasteiger charge is -2.35. The van der Waals surface area contributed by atoms with Gasteiger partial charge in [-0.1, -0.05) is 19.8 Å². The normalized spacial score (nSPS) is 27.8. The minimum absolute atomic E-state index is 0.491. The molecule has 5 heteroatoms. The van der Waals surface area contributed by atoms with Gasteiger partial charge in [0.05, 0.1) is 12.7 Å². The number of ether oxygens (including phenoxy) is 1. The minimum Gasteiger partial charge on any atom is -0.481 e. The van der Waals surface area contributed by atoms with Gasteiger partial charge in [-0.25, -0.2) is 4.98 Å². The minimum atomic E-state index is -0.635. The average molecular weight is 251 g/mol. The second-order valence-corrected chi connectivity index (χ2v) is 5.20. The van der Waals surface area contributed by atoms with Gasteiger partial charge >= 0.3 is 0 Å². The summed E-state index contributed by atoms with van der Waals surface area (Å²) in [5, 5.41) is 13.6. The first kappa shape index (κ1) is 13.1. The highest BCUT2D eigenvalue weighted by Crippen LogP contribution is 2.32. The SMILES string of the molecule is COc1ccnc(NC[C@@]2(O)CCC[C@H](C)C2)n1. The van der Waals surface area contributed by atoms with E-state index in [1.54, 1.807) is 19.4 Å². The third-order valence-electron chi connectivity index (χ3n) is 3.48. The van der Waals surface area contributed by atoms with Crippen molar-refractivity contribution in [2.24, 2.45) is 5.92 Å². The van der Waals surface area contributed by atoms with Crippen LogP contribution in [0.25, 0.3) is 0 Å². The van der Waals surface area contributed by atoms with Gasteiger partial charge in [0, 0.05) is 18.8 Å². The number of anilines is 1. The molecule has 1 fully saturated rings. The molecule has 2 atom stereocenters. The van der Waals surface area contributed by atoms with Crippen molar-refractivity contribution in [1.29, 1.82) is 0 Å². The molecule has 0 spiro atoms. The first-order chi connectivity index (χ1) is 8.61. The van der Waals surface area contributed by atoms with Gasteiger partial charge in [-0.3, -0.25) is 0 Å². The van der Waals surface area contributed by atoms with E-state index < -0.39 is 5.60 Å². The van der Waals surface area contributed by atoms with E-state index in [-0.39, 0.29) is 0 Å². The maximum atomic E-state index is 10.5. The van der Waals surface area contributed by atoms with E-state index in [2.05, 4.69) is 22.2 Å². The van der Waals surface area contributed by atoms with Crippen molar-refractivity contribution in [2.75, 3.05) is 19.0 Å². The largest absolute Gasteiger partial charge is 0.481 e. The van der Waals surface area contributed by atoms with Crippen molar-refractivity contribution in [3.8, 4) is 5.88 Å². The lowest BCUT2D eigenvalue weighted by atomic mass is 9.79. The molecule has 0 amide bonds. The molecule has 2 N–H and O–H groups in total. The smallest absolute Gasteiger partial charge is 0.226 e. The fraction of sp³-hybridized carbons (Fsp3) is 0.692. The van der Waals surface area contributed by atoms with Crippen molar-refractivity contribution >= 4 is 5.95 Å². The summed E-state index contributed by atoms with van der Waals surface area (Å²) in [6.07, 6.45) is 5.61. The van der Waals surface area contributed by atoms with Crippen LogP contribution in [0.4, 0.5) is 5.95 Å². The molecule has 1 heterocycles.